The van der Waals surface area contributed by atoms with Crippen molar-refractivity contribution in [3.8, 4) is 0 Å². The van der Waals surface area contributed by atoms with Crippen LogP contribution >= 0.6 is 0 Å². The number of benzene rings is 2. The first-order valence-electron chi connectivity index (χ1n) is 7.95. The molecule has 23 heavy (non-hydrogen) atoms. The van der Waals surface area contributed by atoms with Gasteiger partial charge in [0.25, 0.3) is 0 Å². The number of carbonyl (C=O) groups excluding carboxylic acids is 2. The highest BCUT2D eigenvalue weighted by molar-refractivity contribution is 5.99. The molecule has 0 radical (unpaired) electrons. The summed E-state index contributed by atoms with van der Waals surface area (Å²) in [6, 6.07) is 14.2. The Hall–Kier alpha value is -2.40. The van der Waals surface area contributed by atoms with E-state index in [9.17, 15) is 9.59 Å². The third-order valence-corrected chi connectivity index (χ3v) is 5.08. The van der Waals surface area contributed by atoms with Gasteiger partial charge in [-0.05, 0) is 29.3 Å². The van der Waals surface area contributed by atoms with Crippen molar-refractivity contribution in [2.24, 2.45) is 5.92 Å². The van der Waals surface area contributed by atoms with Gasteiger partial charge in [-0.1, -0.05) is 42.5 Å². The Labute approximate surface area is 134 Å². The van der Waals surface area contributed by atoms with E-state index in [1.807, 2.05) is 18.2 Å². The van der Waals surface area contributed by atoms with Gasteiger partial charge in [0.05, 0.1) is 12.1 Å². The molecule has 0 bridgehead atoms. The summed E-state index contributed by atoms with van der Waals surface area (Å²) in [6.45, 7) is 0.792. The third kappa shape index (κ3) is 2.19. The largest absolute Gasteiger partial charge is 0.325 e. The van der Waals surface area contributed by atoms with Crippen LogP contribution < -0.4 is 10.6 Å². The van der Waals surface area contributed by atoms with Crippen molar-refractivity contribution in [1.29, 1.82) is 0 Å². The van der Waals surface area contributed by atoms with Crippen molar-refractivity contribution in [2.75, 3.05) is 13.6 Å². The van der Waals surface area contributed by atoms with Gasteiger partial charge < -0.3 is 4.90 Å². The standard InChI is InChI=1S/C18H19N3O2/c1-21-16-15(17(22)20-18(21)23)14(9-10-19-16)13-8-4-6-11-5-2-3-7-12(11)13/h2-8,14-16,19H,9-10H2,1H3,(H,20,22,23). The van der Waals surface area contributed by atoms with Gasteiger partial charge in [-0.25, -0.2) is 4.79 Å². The lowest BCUT2D eigenvalue weighted by Gasteiger charge is -2.45. The van der Waals surface area contributed by atoms with Gasteiger partial charge in [0, 0.05) is 13.0 Å². The average molecular weight is 309 g/mol. The molecule has 118 valence electrons. The normalized spacial score (nSPS) is 27.7. The molecule has 2 aromatic rings. The van der Waals surface area contributed by atoms with Gasteiger partial charge in [0.2, 0.25) is 5.91 Å². The van der Waals surface area contributed by atoms with Crippen LogP contribution in [0.15, 0.2) is 42.5 Å². The van der Waals surface area contributed by atoms with Gasteiger partial charge in [-0.15, -0.1) is 0 Å². The second kappa shape index (κ2) is 5.35. The minimum Gasteiger partial charge on any atom is -0.311 e. The summed E-state index contributed by atoms with van der Waals surface area (Å²) in [7, 11) is 1.73. The van der Waals surface area contributed by atoms with Crippen LogP contribution in [0.2, 0.25) is 0 Å². The van der Waals surface area contributed by atoms with Crippen molar-refractivity contribution < 1.29 is 9.59 Å². The van der Waals surface area contributed by atoms with E-state index in [0.29, 0.717) is 0 Å². The van der Waals surface area contributed by atoms with Crippen molar-refractivity contribution in [2.45, 2.75) is 18.5 Å². The van der Waals surface area contributed by atoms with E-state index in [0.717, 1.165) is 13.0 Å². The summed E-state index contributed by atoms with van der Waals surface area (Å²) < 4.78 is 0. The number of fused-ring (bicyclic) bond motifs is 2. The number of rotatable bonds is 1. The minimum absolute atomic E-state index is 0.0999. The zero-order valence-electron chi connectivity index (χ0n) is 13.0. The molecule has 2 heterocycles. The highest BCUT2D eigenvalue weighted by Gasteiger charge is 2.46. The second-order valence-electron chi connectivity index (χ2n) is 6.29. The molecule has 2 aliphatic heterocycles. The maximum Gasteiger partial charge on any atom is 0.325 e. The molecule has 3 atom stereocenters. The molecule has 0 saturated carbocycles. The SMILES string of the molecule is CN1C(=O)NC(=O)C2C(c3cccc4ccccc34)CCNC21. The van der Waals surface area contributed by atoms with Crippen LogP contribution in [0.4, 0.5) is 4.79 Å². The lowest BCUT2D eigenvalue weighted by molar-refractivity contribution is -0.130. The molecule has 2 aromatic carbocycles. The van der Waals surface area contributed by atoms with E-state index in [-0.39, 0.29) is 29.9 Å². The number of urea groups is 1. The number of nitrogens with one attached hydrogen (secondary N) is 2. The fourth-order valence-corrected chi connectivity index (χ4v) is 3.94. The molecule has 0 aromatic heterocycles. The number of carbonyl (C=O) groups is 2. The fraction of sp³-hybridized carbons (Fsp3) is 0.333. The van der Waals surface area contributed by atoms with Crippen molar-refractivity contribution >= 4 is 22.7 Å². The molecule has 5 nitrogen and oxygen atoms in total. The van der Waals surface area contributed by atoms with Crippen LogP contribution in [0.1, 0.15) is 17.9 Å². The molecule has 2 N–H and O–H groups in total. The molecule has 2 aliphatic rings. The molecule has 2 saturated heterocycles. The molecule has 0 aliphatic carbocycles. The summed E-state index contributed by atoms with van der Waals surface area (Å²) in [5.41, 5.74) is 1.19. The molecule has 3 amide bonds. The molecule has 4 rings (SSSR count). The number of hydrogen-bond donors (Lipinski definition) is 2. The van der Waals surface area contributed by atoms with Crippen molar-refractivity contribution in [1.82, 2.24) is 15.5 Å². The predicted octanol–water partition coefficient (Wildman–Crippen LogP) is 2.04. The summed E-state index contributed by atoms with van der Waals surface area (Å²) in [5.74, 6) is -0.344. The Kier molecular flexibility index (Phi) is 3.31. The third-order valence-electron chi connectivity index (χ3n) is 5.08. The first-order chi connectivity index (χ1) is 11.2. The van der Waals surface area contributed by atoms with Crippen molar-refractivity contribution in [3.63, 3.8) is 0 Å². The monoisotopic (exact) mass is 309 g/mol. The van der Waals surface area contributed by atoms with Crippen LogP contribution in [-0.4, -0.2) is 36.6 Å². The second-order valence-corrected chi connectivity index (χ2v) is 6.29. The molecular weight excluding hydrogens is 290 g/mol. The summed E-state index contributed by atoms with van der Waals surface area (Å²) in [6.07, 6.45) is 0.638. The summed E-state index contributed by atoms with van der Waals surface area (Å²) in [4.78, 5) is 26.0. The van der Waals surface area contributed by atoms with Crippen LogP contribution in [-0.2, 0) is 4.79 Å². The minimum atomic E-state index is -0.331. The molecule has 0 spiro atoms. The van der Waals surface area contributed by atoms with Gasteiger partial charge >= 0.3 is 6.03 Å². The topological polar surface area (TPSA) is 61.4 Å². The lowest BCUT2D eigenvalue weighted by Crippen LogP contribution is -2.66. The van der Waals surface area contributed by atoms with E-state index in [1.54, 1.807) is 11.9 Å². The van der Waals surface area contributed by atoms with Gasteiger partial charge in [0.1, 0.15) is 0 Å². The van der Waals surface area contributed by atoms with Crippen LogP contribution in [0.25, 0.3) is 10.8 Å². The number of hydrogen-bond acceptors (Lipinski definition) is 3. The molecule has 2 fully saturated rings. The van der Waals surface area contributed by atoms with E-state index < -0.39 is 0 Å². The lowest BCUT2D eigenvalue weighted by atomic mass is 9.76. The van der Waals surface area contributed by atoms with E-state index >= 15 is 0 Å². The molecule has 3 unspecified atom stereocenters. The van der Waals surface area contributed by atoms with Crippen molar-refractivity contribution in [3.05, 3.63) is 48.0 Å². The number of imide groups is 1. The zero-order chi connectivity index (χ0) is 16.0. The Morgan fingerprint density at radius 2 is 1.87 bits per heavy atom. The first-order valence-corrected chi connectivity index (χ1v) is 7.95. The van der Waals surface area contributed by atoms with E-state index in [4.69, 9.17) is 0 Å². The number of nitrogens with zero attached hydrogens (tertiary/aromatic N) is 1. The van der Waals surface area contributed by atoms with Crippen LogP contribution in [0.5, 0.6) is 0 Å². The fourth-order valence-electron chi connectivity index (χ4n) is 3.94. The Morgan fingerprint density at radius 3 is 2.74 bits per heavy atom. The Bertz CT molecular complexity index is 783. The molecular formula is C18H19N3O2. The number of piperidine rings is 1. The average Bonchev–Trinajstić information content (AvgIpc) is 2.58. The van der Waals surface area contributed by atoms with E-state index in [1.165, 1.54) is 16.3 Å². The van der Waals surface area contributed by atoms with E-state index in [2.05, 4.69) is 34.9 Å². The predicted molar refractivity (Wildman–Crippen MR) is 87.9 cm³/mol. The summed E-state index contributed by atoms with van der Waals surface area (Å²) >= 11 is 0. The van der Waals surface area contributed by atoms with Crippen LogP contribution in [0.3, 0.4) is 0 Å². The zero-order valence-corrected chi connectivity index (χ0v) is 13.0. The molecule has 5 heteroatoms. The highest BCUT2D eigenvalue weighted by Crippen LogP contribution is 2.38. The maximum atomic E-state index is 12.5. The van der Waals surface area contributed by atoms with Gasteiger partial charge in [-0.2, -0.15) is 0 Å². The maximum absolute atomic E-state index is 12.5. The van der Waals surface area contributed by atoms with Gasteiger partial charge in [-0.3, -0.25) is 15.4 Å². The van der Waals surface area contributed by atoms with Gasteiger partial charge in [0.15, 0.2) is 0 Å². The van der Waals surface area contributed by atoms with Crippen LogP contribution in [0, 0.1) is 5.92 Å². The smallest absolute Gasteiger partial charge is 0.311 e. The highest BCUT2D eigenvalue weighted by atomic mass is 16.2. The summed E-state index contributed by atoms with van der Waals surface area (Å²) in [5, 5.41) is 8.18. The Balaban J connectivity index is 1.81. The number of amides is 3. The Morgan fingerprint density at radius 1 is 1.09 bits per heavy atom. The first kappa shape index (κ1) is 14.2. The quantitative estimate of drug-likeness (QED) is 0.847.